The Balaban J connectivity index is 2.40. The summed E-state index contributed by atoms with van der Waals surface area (Å²) in [4.78, 5) is 6.33. The smallest absolute Gasteiger partial charge is 0.157 e. The Morgan fingerprint density at radius 2 is 2.29 bits per heavy atom. The first kappa shape index (κ1) is 8.96. The first-order valence-electron chi connectivity index (χ1n) is 4.39. The summed E-state index contributed by atoms with van der Waals surface area (Å²) in [6.07, 6.45) is 3.79. The third-order valence-corrected chi connectivity index (χ3v) is 1.88. The van der Waals surface area contributed by atoms with E-state index < -0.39 is 0 Å². The van der Waals surface area contributed by atoms with Crippen molar-refractivity contribution in [3.05, 3.63) is 24.0 Å². The van der Waals surface area contributed by atoms with Gasteiger partial charge in [-0.2, -0.15) is 0 Å². The molecule has 0 bridgehead atoms. The van der Waals surface area contributed by atoms with Crippen molar-refractivity contribution in [2.24, 2.45) is 0 Å². The van der Waals surface area contributed by atoms with Crippen LogP contribution in [-0.4, -0.2) is 33.6 Å². The standard InChI is InChI=1S/C9H13N5/c1-13(2)5-7-4-11-9-3-8(10)12-14(9)6-7/h3-4,6H,5H2,1-2H3,(H2,10,12). The molecule has 2 heterocycles. The topological polar surface area (TPSA) is 59.5 Å². The Kier molecular flexibility index (Phi) is 2.09. The van der Waals surface area contributed by atoms with Gasteiger partial charge in [0.1, 0.15) is 5.82 Å². The highest BCUT2D eigenvalue weighted by Crippen LogP contribution is 2.07. The monoisotopic (exact) mass is 191 g/mol. The number of fused-ring (bicyclic) bond motifs is 1. The van der Waals surface area contributed by atoms with Crippen LogP contribution in [-0.2, 0) is 6.54 Å². The van der Waals surface area contributed by atoms with Crippen molar-refractivity contribution in [3.63, 3.8) is 0 Å². The van der Waals surface area contributed by atoms with Gasteiger partial charge in [-0.25, -0.2) is 9.50 Å². The van der Waals surface area contributed by atoms with Gasteiger partial charge in [0.15, 0.2) is 5.65 Å². The minimum Gasteiger partial charge on any atom is -0.382 e. The van der Waals surface area contributed by atoms with Gasteiger partial charge < -0.3 is 10.6 Å². The van der Waals surface area contributed by atoms with Crippen LogP contribution < -0.4 is 5.73 Å². The number of nitrogens with two attached hydrogens (primary N) is 1. The zero-order valence-electron chi connectivity index (χ0n) is 8.31. The normalized spacial score (nSPS) is 11.4. The van der Waals surface area contributed by atoms with Crippen molar-refractivity contribution < 1.29 is 0 Å². The van der Waals surface area contributed by atoms with Gasteiger partial charge in [0.05, 0.1) is 0 Å². The number of nitrogens with zero attached hydrogens (tertiary/aromatic N) is 4. The molecule has 0 fully saturated rings. The van der Waals surface area contributed by atoms with Crippen LogP contribution in [0.5, 0.6) is 0 Å². The van der Waals surface area contributed by atoms with Gasteiger partial charge in [-0.3, -0.25) is 0 Å². The second-order valence-corrected chi connectivity index (χ2v) is 3.57. The highest BCUT2D eigenvalue weighted by Gasteiger charge is 2.01. The molecule has 2 rings (SSSR count). The molecule has 0 spiro atoms. The molecule has 2 aromatic rings. The largest absolute Gasteiger partial charge is 0.382 e. The van der Waals surface area contributed by atoms with E-state index in [0.717, 1.165) is 17.8 Å². The van der Waals surface area contributed by atoms with E-state index in [4.69, 9.17) is 5.73 Å². The molecule has 0 aliphatic carbocycles. The molecule has 0 saturated carbocycles. The maximum Gasteiger partial charge on any atom is 0.157 e. The van der Waals surface area contributed by atoms with Crippen molar-refractivity contribution in [1.82, 2.24) is 19.5 Å². The van der Waals surface area contributed by atoms with Gasteiger partial charge in [-0.1, -0.05) is 0 Å². The average molecular weight is 191 g/mol. The molecule has 0 amide bonds. The summed E-state index contributed by atoms with van der Waals surface area (Å²) in [7, 11) is 4.03. The summed E-state index contributed by atoms with van der Waals surface area (Å²) >= 11 is 0. The van der Waals surface area contributed by atoms with Crippen LogP contribution in [0.1, 0.15) is 5.56 Å². The summed E-state index contributed by atoms with van der Waals surface area (Å²) in [5.74, 6) is 0.500. The number of hydrogen-bond donors (Lipinski definition) is 1. The zero-order valence-corrected chi connectivity index (χ0v) is 8.31. The fourth-order valence-electron chi connectivity index (χ4n) is 1.38. The molecule has 0 radical (unpaired) electrons. The lowest BCUT2D eigenvalue weighted by molar-refractivity contribution is 0.401. The Labute approximate surface area is 82.2 Å². The summed E-state index contributed by atoms with van der Waals surface area (Å²) in [6, 6.07) is 1.75. The van der Waals surface area contributed by atoms with Gasteiger partial charge in [-0.05, 0) is 14.1 Å². The molecule has 2 N–H and O–H groups in total. The molecule has 2 aromatic heterocycles. The quantitative estimate of drug-likeness (QED) is 0.745. The third kappa shape index (κ3) is 1.67. The molecular formula is C9H13N5. The van der Waals surface area contributed by atoms with Crippen LogP contribution in [0.4, 0.5) is 5.82 Å². The van der Waals surface area contributed by atoms with Gasteiger partial charge >= 0.3 is 0 Å². The first-order valence-corrected chi connectivity index (χ1v) is 4.39. The molecule has 5 nitrogen and oxygen atoms in total. The Hall–Kier alpha value is -1.62. The van der Waals surface area contributed by atoms with Crippen LogP contribution in [0.2, 0.25) is 0 Å². The lowest BCUT2D eigenvalue weighted by Gasteiger charge is -2.08. The molecule has 0 unspecified atom stereocenters. The van der Waals surface area contributed by atoms with E-state index in [-0.39, 0.29) is 0 Å². The van der Waals surface area contributed by atoms with Crippen molar-refractivity contribution in [3.8, 4) is 0 Å². The van der Waals surface area contributed by atoms with Crippen LogP contribution >= 0.6 is 0 Å². The molecule has 0 aliphatic heterocycles. The van der Waals surface area contributed by atoms with Crippen molar-refractivity contribution in [2.75, 3.05) is 19.8 Å². The fraction of sp³-hybridized carbons (Fsp3) is 0.333. The molecule has 0 aromatic carbocycles. The van der Waals surface area contributed by atoms with Gasteiger partial charge in [0.2, 0.25) is 0 Å². The highest BCUT2D eigenvalue weighted by atomic mass is 15.3. The second-order valence-electron chi connectivity index (χ2n) is 3.57. The minimum atomic E-state index is 0.500. The van der Waals surface area contributed by atoms with Gasteiger partial charge in [0.25, 0.3) is 0 Å². The van der Waals surface area contributed by atoms with Crippen molar-refractivity contribution in [1.29, 1.82) is 0 Å². The van der Waals surface area contributed by atoms with E-state index in [1.165, 1.54) is 0 Å². The van der Waals surface area contributed by atoms with Crippen LogP contribution in [0.3, 0.4) is 0 Å². The number of nitrogen functional groups attached to an aromatic ring is 1. The summed E-state index contributed by atoms with van der Waals surface area (Å²) in [5, 5.41) is 4.09. The minimum absolute atomic E-state index is 0.500. The molecule has 14 heavy (non-hydrogen) atoms. The molecule has 5 heteroatoms. The molecule has 0 atom stereocenters. The lowest BCUT2D eigenvalue weighted by Crippen LogP contribution is -2.11. The predicted octanol–water partition coefficient (Wildman–Crippen LogP) is 0.373. The maximum absolute atomic E-state index is 5.56. The number of rotatable bonds is 2. The zero-order chi connectivity index (χ0) is 10.1. The molecule has 0 saturated heterocycles. The predicted molar refractivity (Wildman–Crippen MR) is 54.8 cm³/mol. The van der Waals surface area contributed by atoms with Crippen molar-refractivity contribution in [2.45, 2.75) is 6.54 Å². The van der Waals surface area contributed by atoms with Crippen LogP contribution in [0.25, 0.3) is 5.65 Å². The fourth-order valence-corrected chi connectivity index (χ4v) is 1.38. The van der Waals surface area contributed by atoms with E-state index >= 15 is 0 Å². The third-order valence-electron chi connectivity index (χ3n) is 1.88. The summed E-state index contributed by atoms with van der Waals surface area (Å²) < 4.78 is 1.70. The molecule has 74 valence electrons. The summed E-state index contributed by atoms with van der Waals surface area (Å²) in [5.41, 5.74) is 7.46. The summed E-state index contributed by atoms with van der Waals surface area (Å²) in [6.45, 7) is 0.850. The van der Waals surface area contributed by atoms with Gasteiger partial charge in [0, 0.05) is 30.6 Å². The number of anilines is 1. The number of hydrogen-bond acceptors (Lipinski definition) is 4. The first-order chi connectivity index (χ1) is 6.65. The van der Waals surface area contributed by atoms with E-state index in [1.54, 1.807) is 10.6 Å². The van der Waals surface area contributed by atoms with E-state index in [0.29, 0.717) is 5.82 Å². The van der Waals surface area contributed by atoms with Crippen LogP contribution in [0, 0.1) is 0 Å². The lowest BCUT2D eigenvalue weighted by atomic mass is 10.3. The Morgan fingerprint density at radius 1 is 1.50 bits per heavy atom. The Morgan fingerprint density at radius 3 is 3.00 bits per heavy atom. The van der Waals surface area contributed by atoms with Crippen molar-refractivity contribution >= 4 is 11.5 Å². The van der Waals surface area contributed by atoms with E-state index in [2.05, 4.69) is 15.0 Å². The SMILES string of the molecule is CN(C)Cc1cnc2cc(N)nn2c1. The Bertz CT molecular complexity index is 445. The van der Waals surface area contributed by atoms with Crippen LogP contribution in [0.15, 0.2) is 18.5 Å². The van der Waals surface area contributed by atoms with Gasteiger partial charge in [-0.15, -0.1) is 5.10 Å². The van der Waals surface area contributed by atoms with E-state index in [1.807, 2.05) is 26.5 Å². The van der Waals surface area contributed by atoms with E-state index in [9.17, 15) is 0 Å². The molecular weight excluding hydrogens is 178 g/mol. The highest BCUT2D eigenvalue weighted by molar-refractivity contribution is 5.47. The number of aromatic nitrogens is 3. The maximum atomic E-state index is 5.56. The second kappa shape index (κ2) is 3.26. The average Bonchev–Trinajstić information content (AvgIpc) is 2.42. The molecule has 0 aliphatic rings.